The van der Waals surface area contributed by atoms with Gasteiger partial charge in [-0.1, -0.05) is 0 Å². The maximum atomic E-state index is 12.4. The Bertz CT molecular complexity index is 427. The molecule has 1 rings (SSSR count). The number of rotatable bonds is 1. The summed E-state index contributed by atoms with van der Waals surface area (Å²) in [6.07, 6.45) is -9.19. The van der Waals surface area contributed by atoms with Crippen molar-refractivity contribution in [3.05, 3.63) is 21.0 Å². The van der Waals surface area contributed by atoms with E-state index in [4.69, 9.17) is 0 Å². The Labute approximate surface area is 105 Å². The molecule has 17 heavy (non-hydrogen) atoms. The van der Waals surface area contributed by atoms with E-state index in [-0.39, 0.29) is 3.57 Å². The third kappa shape index (κ3) is 3.61. The lowest BCUT2D eigenvalue weighted by atomic mass is 10.2. The lowest BCUT2D eigenvalue weighted by Gasteiger charge is -2.16. The minimum atomic E-state index is -5.05. The highest BCUT2D eigenvalue weighted by Crippen LogP contribution is 2.37. The molecule has 0 aliphatic rings. The highest BCUT2D eigenvalue weighted by Gasteiger charge is 2.39. The largest absolute Gasteiger partial charge is 0.573 e. The molecule has 0 unspecified atom stereocenters. The standard InChI is InChI=1S/C8H4F6INO/c1-3-5(17-8(12,13)14)4(15)2-16-6(3)7(9,10)11/h2H,1H3. The van der Waals surface area contributed by atoms with Crippen LogP contribution in [-0.4, -0.2) is 11.3 Å². The fourth-order valence-corrected chi connectivity index (χ4v) is 1.74. The zero-order valence-electron chi connectivity index (χ0n) is 8.08. The minimum absolute atomic E-state index is 0.148. The van der Waals surface area contributed by atoms with E-state index in [2.05, 4.69) is 9.72 Å². The molecule has 0 amide bonds. The molecule has 0 aliphatic heterocycles. The second-order valence-corrected chi connectivity index (χ2v) is 4.12. The molecule has 0 fully saturated rings. The molecular formula is C8H4F6INO. The lowest BCUT2D eigenvalue weighted by molar-refractivity contribution is -0.275. The van der Waals surface area contributed by atoms with Gasteiger partial charge in [-0.05, 0) is 29.5 Å². The Kier molecular flexibility index (Phi) is 3.79. The number of hydrogen-bond acceptors (Lipinski definition) is 2. The molecular weight excluding hydrogens is 367 g/mol. The number of hydrogen-bond donors (Lipinski definition) is 0. The van der Waals surface area contributed by atoms with Gasteiger partial charge < -0.3 is 4.74 Å². The maximum absolute atomic E-state index is 12.4. The number of alkyl halides is 6. The molecule has 9 heteroatoms. The topological polar surface area (TPSA) is 22.1 Å². The summed E-state index contributed by atoms with van der Waals surface area (Å²) in [5.74, 6) is -0.875. The highest BCUT2D eigenvalue weighted by molar-refractivity contribution is 14.1. The van der Waals surface area contributed by atoms with Crippen molar-refractivity contribution in [2.24, 2.45) is 0 Å². The van der Waals surface area contributed by atoms with Crippen molar-refractivity contribution >= 4 is 22.6 Å². The summed E-state index contributed by atoms with van der Waals surface area (Å²) in [5, 5.41) is 0. The average molecular weight is 371 g/mol. The zero-order valence-corrected chi connectivity index (χ0v) is 10.2. The maximum Gasteiger partial charge on any atom is 0.573 e. The Balaban J connectivity index is 3.31. The quantitative estimate of drug-likeness (QED) is 0.552. The molecule has 2 nitrogen and oxygen atoms in total. The Morgan fingerprint density at radius 2 is 1.71 bits per heavy atom. The second kappa shape index (κ2) is 4.50. The van der Waals surface area contributed by atoms with Crippen LogP contribution >= 0.6 is 22.6 Å². The molecule has 0 saturated carbocycles. The van der Waals surface area contributed by atoms with Gasteiger partial charge in [0, 0.05) is 11.8 Å². The molecule has 1 aromatic rings. The SMILES string of the molecule is Cc1c(C(F)(F)F)ncc(I)c1OC(F)(F)F. The van der Waals surface area contributed by atoms with Crippen LogP contribution in [0.3, 0.4) is 0 Å². The van der Waals surface area contributed by atoms with Crippen LogP contribution in [0.1, 0.15) is 11.3 Å². The normalized spacial score (nSPS) is 12.7. The number of aromatic nitrogens is 1. The molecule has 0 N–H and O–H groups in total. The monoisotopic (exact) mass is 371 g/mol. The van der Waals surface area contributed by atoms with Gasteiger partial charge in [0.05, 0.1) is 3.57 Å². The predicted molar refractivity (Wildman–Crippen MR) is 53.4 cm³/mol. The summed E-state index contributed by atoms with van der Waals surface area (Å²) < 4.78 is 76.6. The van der Waals surface area contributed by atoms with Gasteiger partial charge >= 0.3 is 12.5 Å². The fraction of sp³-hybridized carbons (Fsp3) is 0.375. The van der Waals surface area contributed by atoms with Crippen LogP contribution in [0.15, 0.2) is 6.20 Å². The lowest BCUT2D eigenvalue weighted by Crippen LogP contribution is -2.20. The Morgan fingerprint density at radius 3 is 2.12 bits per heavy atom. The first-order chi connectivity index (χ1) is 7.52. The van der Waals surface area contributed by atoms with Crippen LogP contribution < -0.4 is 4.74 Å². The van der Waals surface area contributed by atoms with Crippen LogP contribution in [0.25, 0.3) is 0 Å². The summed E-state index contributed by atoms with van der Waals surface area (Å²) >= 11 is 1.42. The van der Waals surface area contributed by atoms with E-state index < -0.39 is 29.5 Å². The molecule has 0 bridgehead atoms. The van der Waals surface area contributed by atoms with E-state index in [1.54, 1.807) is 0 Å². The third-order valence-corrected chi connectivity index (χ3v) is 2.47. The van der Waals surface area contributed by atoms with E-state index in [0.717, 1.165) is 6.92 Å². The minimum Gasteiger partial charge on any atom is -0.404 e. The van der Waals surface area contributed by atoms with Crippen molar-refractivity contribution in [2.45, 2.75) is 19.5 Å². The van der Waals surface area contributed by atoms with Gasteiger partial charge in [-0.15, -0.1) is 13.2 Å². The van der Waals surface area contributed by atoms with Crippen LogP contribution in [0.2, 0.25) is 0 Å². The van der Waals surface area contributed by atoms with E-state index in [1.807, 2.05) is 0 Å². The van der Waals surface area contributed by atoms with Gasteiger partial charge in [0.15, 0.2) is 5.69 Å². The van der Waals surface area contributed by atoms with Crippen LogP contribution in [-0.2, 0) is 6.18 Å². The first-order valence-electron chi connectivity index (χ1n) is 4.00. The van der Waals surface area contributed by atoms with Gasteiger partial charge in [0.1, 0.15) is 5.75 Å². The molecule has 0 aliphatic carbocycles. The second-order valence-electron chi connectivity index (χ2n) is 2.95. The van der Waals surface area contributed by atoms with Gasteiger partial charge in [0.2, 0.25) is 0 Å². The van der Waals surface area contributed by atoms with Crippen LogP contribution in [0.5, 0.6) is 5.75 Å². The number of halogens is 7. The Morgan fingerprint density at radius 1 is 1.18 bits per heavy atom. The number of pyridine rings is 1. The van der Waals surface area contributed by atoms with Crippen LogP contribution in [0.4, 0.5) is 26.3 Å². The predicted octanol–water partition coefficient (Wildman–Crippen LogP) is 3.91. The van der Waals surface area contributed by atoms with E-state index in [9.17, 15) is 26.3 Å². The number of nitrogens with zero attached hydrogens (tertiary/aromatic N) is 1. The summed E-state index contributed by atoms with van der Waals surface area (Å²) in [6, 6.07) is 0. The van der Waals surface area contributed by atoms with Crippen molar-refractivity contribution in [2.75, 3.05) is 0 Å². The smallest absolute Gasteiger partial charge is 0.404 e. The third-order valence-electron chi connectivity index (χ3n) is 1.71. The number of ether oxygens (including phenoxy) is 1. The summed E-state index contributed by atoms with van der Waals surface area (Å²) in [5.41, 5.74) is -2.08. The highest BCUT2D eigenvalue weighted by atomic mass is 127. The van der Waals surface area contributed by atoms with Crippen molar-refractivity contribution in [3.63, 3.8) is 0 Å². The molecule has 0 radical (unpaired) electrons. The van der Waals surface area contributed by atoms with E-state index in [1.165, 1.54) is 22.6 Å². The first-order valence-corrected chi connectivity index (χ1v) is 5.08. The average Bonchev–Trinajstić information content (AvgIpc) is 2.08. The van der Waals surface area contributed by atoms with E-state index >= 15 is 0 Å². The zero-order chi connectivity index (χ0) is 13.4. The summed E-state index contributed by atoms with van der Waals surface area (Å²) in [4.78, 5) is 3.06. The summed E-state index contributed by atoms with van der Waals surface area (Å²) in [7, 11) is 0. The molecule has 0 saturated heterocycles. The van der Waals surface area contributed by atoms with Crippen molar-refractivity contribution in [1.82, 2.24) is 4.98 Å². The van der Waals surface area contributed by atoms with Crippen LogP contribution in [0, 0.1) is 10.5 Å². The van der Waals surface area contributed by atoms with Gasteiger partial charge in [-0.25, -0.2) is 0 Å². The van der Waals surface area contributed by atoms with Crippen molar-refractivity contribution in [1.29, 1.82) is 0 Å². The first kappa shape index (κ1) is 14.3. The molecule has 0 spiro atoms. The fourth-order valence-electron chi connectivity index (χ4n) is 1.09. The van der Waals surface area contributed by atoms with E-state index in [0.29, 0.717) is 6.20 Å². The molecule has 96 valence electrons. The van der Waals surface area contributed by atoms with Crippen molar-refractivity contribution < 1.29 is 31.1 Å². The molecule has 0 aromatic carbocycles. The Hall–Kier alpha value is -0.740. The molecule has 1 heterocycles. The van der Waals surface area contributed by atoms with Gasteiger partial charge in [0.25, 0.3) is 0 Å². The van der Waals surface area contributed by atoms with Gasteiger partial charge in [-0.2, -0.15) is 13.2 Å². The van der Waals surface area contributed by atoms with Gasteiger partial charge in [-0.3, -0.25) is 4.98 Å². The summed E-state index contributed by atoms with van der Waals surface area (Å²) in [6.45, 7) is 0.874. The molecule has 1 aromatic heterocycles. The molecule has 0 atom stereocenters. The van der Waals surface area contributed by atoms with Crippen molar-refractivity contribution in [3.8, 4) is 5.75 Å².